The Labute approximate surface area is 253 Å². The fraction of sp³-hybridized carbons (Fsp3) is 0.444. The first kappa shape index (κ1) is 29.9. The van der Waals surface area contributed by atoms with Gasteiger partial charge in [-0.15, -0.1) is 0 Å². The van der Waals surface area contributed by atoms with Crippen LogP contribution in [0.25, 0.3) is 0 Å². The zero-order valence-electron chi connectivity index (χ0n) is 22.2. The molecular weight excluding hydrogens is 613 g/mol. The molecule has 2 heterocycles. The predicted molar refractivity (Wildman–Crippen MR) is 155 cm³/mol. The van der Waals surface area contributed by atoms with Crippen LogP contribution in [-0.4, -0.2) is 84.3 Å². The molecule has 5 rings (SSSR count). The van der Waals surface area contributed by atoms with E-state index >= 15 is 0 Å². The van der Waals surface area contributed by atoms with Crippen LogP contribution in [0.3, 0.4) is 0 Å². The van der Waals surface area contributed by atoms with Crippen LogP contribution in [-0.2, 0) is 26.0 Å². The van der Waals surface area contributed by atoms with Gasteiger partial charge in [-0.1, -0.05) is 46.9 Å². The van der Waals surface area contributed by atoms with E-state index in [4.69, 9.17) is 34.8 Å². The van der Waals surface area contributed by atoms with E-state index in [0.29, 0.717) is 11.6 Å². The van der Waals surface area contributed by atoms with Gasteiger partial charge in [-0.25, -0.2) is 13.2 Å². The van der Waals surface area contributed by atoms with E-state index in [9.17, 15) is 22.8 Å². The Morgan fingerprint density at radius 2 is 1.66 bits per heavy atom. The van der Waals surface area contributed by atoms with Crippen molar-refractivity contribution < 1.29 is 22.8 Å². The third-order valence-corrected chi connectivity index (χ3v) is 10.6. The standard InChI is InChI=1S/C27H30Cl3N5O5S/c1-2-31-27(38)32-21-14-34(41(39,40)23-11-10-18(29)13-20(23)30)24-15-33(19-4-3-5-19)26(37)22(35(24)25(21)36)12-16-6-8-17(28)9-7-16/h6-11,13,19,21-22,24H,2-5,12,14-15H2,1H3,(H2,31,32,38). The van der Waals surface area contributed by atoms with Crippen molar-refractivity contribution in [2.45, 2.75) is 61.8 Å². The van der Waals surface area contributed by atoms with Gasteiger partial charge in [0.1, 0.15) is 23.1 Å². The molecule has 220 valence electrons. The second-order valence-corrected chi connectivity index (χ2v) is 13.5. The number of hydrogen-bond acceptors (Lipinski definition) is 5. The predicted octanol–water partition coefficient (Wildman–Crippen LogP) is 3.50. The summed E-state index contributed by atoms with van der Waals surface area (Å²) < 4.78 is 29.6. The number of carbonyl (C=O) groups excluding carboxylic acids is 3. The van der Waals surface area contributed by atoms with E-state index in [2.05, 4.69) is 10.6 Å². The first-order valence-corrected chi connectivity index (χ1v) is 16.0. The van der Waals surface area contributed by atoms with Crippen molar-refractivity contribution in [3.05, 3.63) is 63.1 Å². The zero-order valence-corrected chi connectivity index (χ0v) is 25.3. The number of rotatable bonds is 7. The number of carbonyl (C=O) groups is 3. The molecule has 1 aliphatic carbocycles. The van der Waals surface area contributed by atoms with Crippen LogP contribution in [0, 0.1) is 0 Å². The quantitative estimate of drug-likeness (QED) is 0.479. The highest BCUT2D eigenvalue weighted by Crippen LogP contribution is 2.37. The molecule has 2 saturated heterocycles. The minimum absolute atomic E-state index is 0.00464. The van der Waals surface area contributed by atoms with Crippen LogP contribution in [0.2, 0.25) is 15.1 Å². The van der Waals surface area contributed by atoms with Gasteiger partial charge in [-0.3, -0.25) is 9.59 Å². The SMILES string of the molecule is CCNC(=O)NC1CN(S(=O)(=O)c2ccc(Cl)cc2Cl)C2CN(C3CCC3)C(=O)C(Cc3ccc(Cl)cc3)N2C1=O. The Balaban J connectivity index is 1.60. The molecule has 1 saturated carbocycles. The van der Waals surface area contributed by atoms with E-state index in [1.807, 2.05) is 0 Å². The largest absolute Gasteiger partial charge is 0.338 e. The van der Waals surface area contributed by atoms with Gasteiger partial charge in [-0.05, 0) is 62.1 Å². The van der Waals surface area contributed by atoms with Gasteiger partial charge in [0.05, 0.1) is 11.6 Å². The number of sulfonamides is 1. The number of halogens is 3. The van der Waals surface area contributed by atoms with Crippen molar-refractivity contribution >= 4 is 62.7 Å². The molecular formula is C27H30Cl3N5O5S. The van der Waals surface area contributed by atoms with Crippen molar-refractivity contribution in [3.63, 3.8) is 0 Å². The van der Waals surface area contributed by atoms with Gasteiger partial charge in [0.25, 0.3) is 0 Å². The average Bonchev–Trinajstić information content (AvgIpc) is 2.88. The van der Waals surface area contributed by atoms with Crippen LogP contribution < -0.4 is 10.6 Å². The second kappa shape index (κ2) is 12.0. The van der Waals surface area contributed by atoms with Crippen molar-refractivity contribution in [3.8, 4) is 0 Å². The number of fused-ring (bicyclic) bond motifs is 1. The summed E-state index contributed by atoms with van der Waals surface area (Å²) in [6.07, 6.45) is 1.70. The molecule has 3 fully saturated rings. The van der Waals surface area contributed by atoms with E-state index in [0.717, 1.165) is 24.8 Å². The van der Waals surface area contributed by atoms with E-state index in [-0.39, 0.29) is 46.4 Å². The molecule has 14 heteroatoms. The van der Waals surface area contributed by atoms with Crippen LogP contribution in [0.5, 0.6) is 0 Å². The summed E-state index contributed by atoms with van der Waals surface area (Å²) >= 11 is 18.5. The number of nitrogens with one attached hydrogen (secondary N) is 2. The lowest BCUT2D eigenvalue weighted by molar-refractivity contribution is -0.170. The Morgan fingerprint density at radius 1 is 0.976 bits per heavy atom. The molecule has 0 spiro atoms. The van der Waals surface area contributed by atoms with E-state index in [1.54, 1.807) is 36.1 Å². The maximum atomic E-state index is 14.2. The summed E-state index contributed by atoms with van der Waals surface area (Å²) in [4.78, 5) is 43.4. The van der Waals surface area contributed by atoms with Gasteiger partial charge >= 0.3 is 6.03 Å². The minimum atomic E-state index is -4.32. The molecule has 3 atom stereocenters. The fourth-order valence-electron chi connectivity index (χ4n) is 5.56. The number of hydrogen-bond donors (Lipinski definition) is 2. The van der Waals surface area contributed by atoms with Crippen molar-refractivity contribution in [2.24, 2.45) is 0 Å². The average molecular weight is 643 g/mol. The third kappa shape index (κ3) is 5.87. The second-order valence-electron chi connectivity index (χ2n) is 10.4. The lowest BCUT2D eigenvalue weighted by Gasteiger charge is -2.55. The monoisotopic (exact) mass is 641 g/mol. The number of amides is 4. The summed E-state index contributed by atoms with van der Waals surface area (Å²) in [5.74, 6) is -0.787. The number of nitrogens with zero attached hydrogens (tertiary/aromatic N) is 3. The molecule has 0 bridgehead atoms. The van der Waals surface area contributed by atoms with Gasteiger partial charge in [0, 0.05) is 35.6 Å². The van der Waals surface area contributed by atoms with Crippen molar-refractivity contribution in [2.75, 3.05) is 19.6 Å². The van der Waals surface area contributed by atoms with Crippen LogP contribution in [0.1, 0.15) is 31.7 Å². The number of urea groups is 1. The lowest BCUT2D eigenvalue weighted by Crippen LogP contribution is -2.77. The van der Waals surface area contributed by atoms with Crippen LogP contribution in [0.4, 0.5) is 4.79 Å². The van der Waals surface area contributed by atoms with Crippen LogP contribution in [0.15, 0.2) is 47.4 Å². The number of benzene rings is 2. The summed E-state index contributed by atoms with van der Waals surface area (Å²) in [5.41, 5.74) is 0.753. The van der Waals surface area contributed by atoms with Gasteiger partial charge in [0.15, 0.2) is 0 Å². The molecule has 10 nitrogen and oxygen atoms in total. The third-order valence-electron chi connectivity index (χ3n) is 7.81. The van der Waals surface area contributed by atoms with E-state index < -0.39 is 40.2 Å². The van der Waals surface area contributed by atoms with Crippen molar-refractivity contribution in [1.29, 1.82) is 0 Å². The first-order valence-electron chi connectivity index (χ1n) is 13.4. The van der Waals surface area contributed by atoms with Gasteiger partial charge < -0.3 is 20.4 Å². The van der Waals surface area contributed by atoms with Gasteiger partial charge in [0.2, 0.25) is 21.8 Å². The maximum Gasteiger partial charge on any atom is 0.315 e. The molecule has 3 aliphatic rings. The summed E-state index contributed by atoms with van der Waals surface area (Å²) in [6, 6.07) is 8.10. The summed E-state index contributed by atoms with van der Waals surface area (Å²) in [5, 5.41) is 5.89. The smallest absolute Gasteiger partial charge is 0.315 e. The molecule has 41 heavy (non-hydrogen) atoms. The van der Waals surface area contributed by atoms with Crippen molar-refractivity contribution in [1.82, 2.24) is 24.7 Å². The number of piperazine rings is 1. The molecule has 4 amide bonds. The highest BCUT2D eigenvalue weighted by molar-refractivity contribution is 7.89. The Hall–Kier alpha value is -2.57. The molecule has 0 radical (unpaired) electrons. The minimum Gasteiger partial charge on any atom is -0.338 e. The Kier molecular flexibility index (Phi) is 8.73. The molecule has 2 N–H and O–H groups in total. The van der Waals surface area contributed by atoms with E-state index in [1.165, 1.54) is 27.4 Å². The van der Waals surface area contributed by atoms with Crippen LogP contribution >= 0.6 is 34.8 Å². The molecule has 0 aromatic heterocycles. The fourth-order valence-corrected chi connectivity index (χ4v) is 8.02. The first-order chi connectivity index (χ1) is 19.5. The Bertz CT molecular complexity index is 1450. The van der Waals surface area contributed by atoms with Gasteiger partial charge in [-0.2, -0.15) is 4.31 Å². The summed E-state index contributed by atoms with van der Waals surface area (Å²) in [7, 11) is -4.32. The highest BCUT2D eigenvalue weighted by atomic mass is 35.5. The molecule has 2 aliphatic heterocycles. The zero-order chi connectivity index (χ0) is 29.5. The maximum absolute atomic E-state index is 14.2. The highest BCUT2D eigenvalue weighted by Gasteiger charge is 2.55. The topological polar surface area (TPSA) is 119 Å². The normalized spacial score (nSPS) is 23.7. The lowest BCUT2D eigenvalue weighted by atomic mass is 9.88. The molecule has 3 unspecified atom stereocenters. The Morgan fingerprint density at radius 3 is 2.27 bits per heavy atom. The molecule has 2 aromatic rings. The summed E-state index contributed by atoms with van der Waals surface area (Å²) in [6.45, 7) is 1.69. The molecule has 2 aromatic carbocycles.